The van der Waals surface area contributed by atoms with E-state index in [1.54, 1.807) is 4.57 Å². The molecule has 1 unspecified atom stereocenters. The van der Waals surface area contributed by atoms with E-state index in [1.165, 1.54) is 18.7 Å². The Bertz CT molecular complexity index is 1140. The molecule has 2 aliphatic heterocycles. The number of fused-ring (bicyclic) bond motifs is 2. The van der Waals surface area contributed by atoms with Crippen LogP contribution in [-0.4, -0.2) is 55.1 Å². The van der Waals surface area contributed by atoms with Gasteiger partial charge >= 0.3 is 5.97 Å². The van der Waals surface area contributed by atoms with Gasteiger partial charge in [0.05, 0.1) is 13.2 Å². The molecule has 0 saturated heterocycles. The molecule has 1 atom stereocenters. The second kappa shape index (κ2) is 10.3. The molecule has 3 aliphatic rings. The smallest absolute Gasteiger partial charge is 0.343 e. The second-order valence-electron chi connectivity index (χ2n) is 9.88. The maximum atomic E-state index is 13.0. The average Bonchev–Trinajstić information content (AvgIpc) is 3.48. The maximum Gasteiger partial charge on any atom is 0.343 e. The molecule has 1 fully saturated rings. The lowest BCUT2D eigenvalue weighted by atomic mass is 10.00. The molecule has 5 rings (SSSR count). The summed E-state index contributed by atoms with van der Waals surface area (Å²) in [5.74, 6) is 1.96. The van der Waals surface area contributed by atoms with Crippen LogP contribution in [0.2, 0.25) is 0 Å². The quantitative estimate of drug-likeness (QED) is 0.560. The van der Waals surface area contributed by atoms with Gasteiger partial charge in [-0.2, -0.15) is 0 Å². The van der Waals surface area contributed by atoms with Crippen molar-refractivity contribution in [3.8, 4) is 17.2 Å². The van der Waals surface area contributed by atoms with Crippen LogP contribution in [0, 0.1) is 5.92 Å². The monoisotopic (exact) mass is 482 g/mol. The molecule has 8 heteroatoms. The predicted octanol–water partition coefficient (Wildman–Crippen LogP) is 3.42. The zero-order chi connectivity index (χ0) is 24.4. The zero-order valence-corrected chi connectivity index (χ0v) is 20.6. The number of carbonyl (C=O) groups excluding carboxylic acids is 1. The summed E-state index contributed by atoms with van der Waals surface area (Å²) in [5, 5.41) is 0. The molecule has 1 saturated carbocycles. The molecule has 0 spiro atoms. The van der Waals surface area contributed by atoms with Crippen LogP contribution in [0.4, 0.5) is 0 Å². The summed E-state index contributed by atoms with van der Waals surface area (Å²) in [6.45, 7) is 5.48. The van der Waals surface area contributed by atoms with E-state index in [4.69, 9.17) is 18.9 Å². The lowest BCUT2D eigenvalue weighted by Crippen LogP contribution is -2.32. The van der Waals surface area contributed by atoms with Gasteiger partial charge in [-0.1, -0.05) is 13.0 Å². The van der Waals surface area contributed by atoms with Gasteiger partial charge in [0, 0.05) is 44.4 Å². The summed E-state index contributed by atoms with van der Waals surface area (Å²) in [5.41, 5.74) is 2.24. The number of aromatic nitrogens is 1. The van der Waals surface area contributed by atoms with Crippen molar-refractivity contribution in [3.63, 3.8) is 0 Å². The van der Waals surface area contributed by atoms with E-state index >= 15 is 0 Å². The fourth-order valence-corrected chi connectivity index (χ4v) is 5.55. The molecule has 188 valence electrons. The first kappa shape index (κ1) is 23.7. The van der Waals surface area contributed by atoms with Crippen LogP contribution in [0.5, 0.6) is 17.2 Å². The highest BCUT2D eigenvalue weighted by atomic mass is 16.7. The lowest BCUT2D eigenvalue weighted by molar-refractivity contribution is 0.0590. The Morgan fingerprint density at radius 2 is 1.91 bits per heavy atom. The highest BCUT2D eigenvalue weighted by molar-refractivity contribution is 5.93. The Morgan fingerprint density at radius 1 is 1.11 bits per heavy atom. The summed E-state index contributed by atoms with van der Waals surface area (Å²) in [6.07, 6.45) is 5.70. The third-order valence-electron chi connectivity index (χ3n) is 7.26. The van der Waals surface area contributed by atoms with Crippen LogP contribution in [0.15, 0.2) is 29.1 Å². The van der Waals surface area contributed by atoms with Crippen LogP contribution < -0.4 is 19.8 Å². The van der Waals surface area contributed by atoms with Crippen molar-refractivity contribution in [1.29, 1.82) is 0 Å². The standard InChI is InChI=1S/C27H34N2O6/c1-18(13-19-7-8-22-23(14-19)34-17-33-22)16-28-10-9-21-26(27(31)32-2)24(35-20-5-3-4-6-20)15-25(30)29(21)12-11-28/h7-8,14-15,18,20H,3-6,9-13,16-17H2,1-2H3. The molecule has 8 nitrogen and oxygen atoms in total. The molecule has 3 heterocycles. The molecule has 0 N–H and O–H groups in total. The van der Waals surface area contributed by atoms with Gasteiger partial charge in [-0.05, 0) is 55.7 Å². The van der Waals surface area contributed by atoms with Gasteiger partial charge in [-0.25, -0.2) is 4.79 Å². The first-order valence-electron chi connectivity index (χ1n) is 12.6. The van der Waals surface area contributed by atoms with E-state index in [9.17, 15) is 9.59 Å². The Morgan fingerprint density at radius 3 is 2.71 bits per heavy atom. The van der Waals surface area contributed by atoms with Crippen molar-refractivity contribution < 1.29 is 23.7 Å². The molecule has 0 radical (unpaired) electrons. The van der Waals surface area contributed by atoms with Gasteiger partial charge in [-0.15, -0.1) is 0 Å². The van der Waals surface area contributed by atoms with E-state index in [0.29, 0.717) is 30.2 Å². The topological polar surface area (TPSA) is 79.2 Å². The predicted molar refractivity (Wildman–Crippen MR) is 131 cm³/mol. The number of ether oxygens (including phenoxy) is 4. The first-order valence-corrected chi connectivity index (χ1v) is 12.6. The number of benzene rings is 1. The minimum atomic E-state index is -0.439. The number of rotatable bonds is 7. The number of hydrogen-bond donors (Lipinski definition) is 0. The van der Waals surface area contributed by atoms with E-state index < -0.39 is 5.97 Å². The number of nitrogens with zero attached hydrogens (tertiary/aromatic N) is 2. The summed E-state index contributed by atoms with van der Waals surface area (Å²) in [4.78, 5) is 28.2. The number of methoxy groups -OCH3 is 1. The van der Waals surface area contributed by atoms with Crippen molar-refractivity contribution in [2.75, 3.05) is 33.5 Å². The maximum absolute atomic E-state index is 13.0. The van der Waals surface area contributed by atoms with E-state index in [0.717, 1.165) is 68.9 Å². The Labute approximate surface area is 205 Å². The number of pyridine rings is 1. The van der Waals surface area contributed by atoms with E-state index in [1.807, 2.05) is 6.07 Å². The van der Waals surface area contributed by atoms with Gasteiger partial charge in [0.25, 0.3) is 5.56 Å². The minimum Gasteiger partial charge on any atom is -0.489 e. The molecular formula is C27H34N2O6. The molecule has 1 aliphatic carbocycles. The second-order valence-corrected chi connectivity index (χ2v) is 9.88. The highest BCUT2D eigenvalue weighted by Crippen LogP contribution is 2.33. The van der Waals surface area contributed by atoms with Crippen LogP contribution >= 0.6 is 0 Å². The summed E-state index contributed by atoms with van der Waals surface area (Å²) in [6, 6.07) is 7.60. The fourth-order valence-electron chi connectivity index (χ4n) is 5.55. The Hall–Kier alpha value is -3.00. The lowest BCUT2D eigenvalue weighted by Gasteiger charge is -2.23. The molecule has 0 bridgehead atoms. The van der Waals surface area contributed by atoms with Crippen LogP contribution in [0.25, 0.3) is 0 Å². The van der Waals surface area contributed by atoms with Gasteiger partial charge in [0.1, 0.15) is 11.3 Å². The number of carbonyl (C=O) groups is 1. The highest BCUT2D eigenvalue weighted by Gasteiger charge is 2.28. The molecular weight excluding hydrogens is 448 g/mol. The van der Waals surface area contributed by atoms with Gasteiger partial charge < -0.3 is 28.4 Å². The summed E-state index contributed by atoms with van der Waals surface area (Å²) in [7, 11) is 1.38. The Balaban J connectivity index is 1.30. The summed E-state index contributed by atoms with van der Waals surface area (Å²) < 4.78 is 23.9. The molecule has 35 heavy (non-hydrogen) atoms. The van der Waals surface area contributed by atoms with Crippen LogP contribution in [0.3, 0.4) is 0 Å². The average molecular weight is 483 g/mol. The van der Waals surface area contributed by atoms with Crippen molar-refractivity contribution in [2.24, 2.45) is 5.92 Å². The fraction of sp³-hybridized carbons (Fsp3) is 0.556. The van der Waals surface area contributed by atoms with Crippen molar-refractivity contribution in [1.82, 2.24) is 9.47 Å². The van der Waals surface area contributed by atoms with E-state index in [-0.39, 0.29) is 18.5 Å². The molecule has 1 aromatic heterocycles. The number of hydrogen-bond acceptors (Lipinski definition) is 7. The third kappa shape index (κ3) is 5.17. The SMILES string of the molecule is COC(=O)c1c(OC2CCCC2)cc(=O)n2c1CCN(CC(C)Cc1ccc3c(c1)OCO3)CC2. The normalized spacial score (nSPS) is 18.7. The third-order valence-corrected chi connectivity index (χ3v) is 7.26. The van der Waals surface area contributed by atoms with Gasteiger partial charge in [0.15, 0.2) is 11.5 Å². The molecule has 0 amide bonds. The van der Waals surface area contributed by atoms with E-state index in [2.05, 4.69) is 24.0 Å². The number of esters is 1. The van der Waals surface area contributed by atoms with Gasteiger partial charge in [0.2, 0.25) is 6.79 Å². The molecule has 1 aromatic carbocycles. The van der Waals surface area contributed by atoms with Crippen molar-refractivity contribution in [2.45, 2.75) is 58.1 Å². The Kier molecular flexibility index (Phi) is 7.00. The largest absolute Gasteiger partial charge is 0.489 e. The first-order chi connectivity index (χ1) is 17.0. The minimum absolute atomic E-state index is 0.0557. The van der Waals surface area contributed by atoms with Crippen molar-refractivity contribution >= 4 is 5.97 Å². The van der Waals surface area contributed by atoms with Crippen molar-refractivity contribution in [3.05, 3.63) is 51.4 Å². The van der Waals surface area contributed by atoms with Crippen LogP contribution in [0.1, 0.15) is 54.2 Å². The summed E-state index contributed by atoms with van der Waals surface area (Å²) >= 11 is 0. The zero-order valence-electron chi connectivity index (χ0n) is 20.6. The molecule has 2 aromatic rings. The van der Waals surface area contributed by atoms with Gasteiger partial charge in [-0.3, -0.25) is 4.79 Å². The van der Waals surface area contributed by atoms with Crippen LogP contribution in [-0.2, 0) is 24.1 Å².